The molecule has 0 aromatic carbocycles. The fraction of sp³-hybridized carbons (Fsp3) is 0.850. The molecule has 2 heterocycles. The van der Waals surface area contributed by atoms with Crippen LogP contribution in [0.4, 0.5) is 0 Å². The fourth-order valence-corrected chi connectivity index (χ4v) is 4.65. The van der Waals surface area contributed by atoms with Crippen LogP contribution in [0.5, 0.6) is 0 Å². The molecule has 0 atom stereocenters. The SMILES string of the molecule is CCOC1(C)CCC(c2c(CN(C)CCNC)nn3c2CCC3)CC1. The van der Waals surface area contributed by atoms with Gasteiger partial charge in [-0.25, -0.2) is 0 Å². The van der Waals surface area contributed by atoms with E-state index in [0.29, 0.717) is 5.92 Å². The molecule has 1 aromatic rings. The molecule has 5 heteroatoms. The molecule has 0 amide bonds. The van der Waals surface area contributed by atoms with E-state index in [0.717, 1.165) is 32.8 Å². The van der Waals surface area contributed by atoms with Crippen LogP contribution in [0.1, 0.15) is 68.8 Å². The van der Waals surface area contributed by atoms with Crippen LogP contribution in [0.3, 0.4) is 0 Å². The molecule has 1 saturated carbocycles. The Morgan fingerprint density at radius 2 is 2.12 bits per heavy atom. The lowest BCUT2D eigenvalue weighted by molar-refractivity contribution is -0.0534. The van der Waals surface area contributed by atoms with Gasteiger partial charge in [0.2, 0.25) is 0 Å². The number of hydrogen-bond acceptors (Lipinski definition) is 4. The Morgan fingerprint density at radius 1 is 1.36 bits per heavy atom. The number of aromatic nitrogens is 2. The van der Waals surface area contributed by atoms with Crippen LogP contribution in [0.25, 0.3) is 0 Å². The minimum Gasteiger partial charge on any atom is -0.376 e. The van der Waals surface area contributed by atoms with Gasteiger partial charge in [-0.1, -0.05) is 0 Å². The number of likely N-dealkylation sites (N-methyl/N-ethyl adjacent to an activating group) is 2. The topological polar surface area (TPSA) is 42.3 Å². The number of nitrogens with one attached hydrogen (secondary N) is 1. The first-order chi connectivity index (χ1) is 12.1. The number of fused-ring (bicyclic) bond motifs is 1. The van der Waals surface area contributed by atoms with Crippen molar-refractivity contribution in [2.75, 3.05) is 33.8 Å². The van der Waals surface area contributed by atoms with E-state index in [1.807, 2.05) is 7.05 Å². The first kappa shape index (κ1) is 18.9. The average Bonchev–Trinajstić information content (AvgIpc) is 3.15. The van der Waals surface area contributed by atoms with Gasteiger partial charge in [0.15, 0.2) is 0 Å². The number of hydrogen-bond donors (Lipinski definition) is 1. The number of aryl methyl sites for hydroxylation is 1. The minimum absolute atomic E-state index is 0.0886. The number of ether oxygens (including phenoxy) is 1. The molecular formula is C20H36N4O. The van der Waals surface area contributed by atoms with Gasteiger partial charge < -0.3 is 10.1 Å². The Hall–Kier alpha value is -0.910. The molecule has 1 N–H and O–H groups in total. The van der Waals surface area contributed by atoms with Gasteiger partial charge in [-0.3, -0.25) is 9.58 Å². The summed E-state index contributed by atoms with van der Waals surface area (Å²) in [6, 6.07) is 0. The second-order valence-electron chi connectivity index (χ2n) is 8.13. The zero-order valence-electron chi connectivity index (χ0n) is 16.6. The van der Waals surface area contributed by atoms with Crippen molar-refractivity contribution in [1.29, 1.82) is 0 Å². The van der Waals surface area contributed by atoms with Crippen molar-refractivity contribution in [3.63, 3.8) is 0 Å². The molecule has 3 rings (SSSR count). The summed E-state index contributed by atoms with van der Waals surface area (Å²) in [5, 5.41) is 8.25. The van der Waals surface area contributed by atoms with E-state index in [1.165, 1.54) is 49.9 Å². The Bertz CT molecular complexity index is 560. The van der Waals surface area contributed by atoms with Gasteiger partial charge in [-0.15, -0.1) is 0 Å². The summed E-state index contributed by atoms with van der Waals surface area (Å²) >= 11 is 0. The van der Waals surface area contributed by atoms with Crippen molar-refractivity contribution < 1.29 is 4.74 Å². The highest BCUT2D eigenvalue weighted by Gasteiger charge is 2.35. The van der Waals surface area contributed by atoms with Gasteiger partial charge in [0.05, 0.1) is 11.3 Å². The summed E-state index contributed by atoms with van der Waals surface area (Å²) < 4.78 is 8.33. The van der Waals surface area contributed by atoms with Crippen molar-refractivity contribution in [1.82, 2.24) is 20.0 Å². The summed E-state index contributed by atoms with van der Waals surface area (Å²) in [6.45, 7) is 9.39. The van der Waals surface area contributed by atoms with Gasteiger partial charge in [0.1, 0.15) is 0 Å². The highest BCUT2D eigenvalue weighted by Crippen LogP contribution is 2.43. The predicted octanol–water partition coefficient (Wildman–Crippen LogP) is 2.93. The summed E-state index contributed by atoms with van der Waals surface area (Å²) in [5.41, 5.74) is 4.54. The molecule has 0 saturated heterocycles. The smallest absolute Gasteiger partial charge is 0.0802 e. The van der Waals surface area contributed by atoms with E-state index in [1.54, 1.807) is 5.56 Å². The number of nitrogens with zero attached hydrogens (tertiary/aromatic N) is 3. The Kier molecular flexibility index (Phi) is 6.18. The van der Waals surface area contributed by atoms with E-state index in [2.05, 4.69) is 35.8 Å². The van der Waals surface area contributed by atoms with Crippen LogP contribution < -0.4 is 5.32 Å². The zero-order chi connectivity index (χ0) is 17.9. The Morgan fingerprint density at radius 3 is 2.80 bits per heavy atom. The molecule has 5 nitrogen and oxygen atoms in total. The molecule has 0 unspecified atom stereocenters. The Balaban J connectivity index is 1.74. The molecule has 1 aliphatic heterocycles. The molecule has 1 aromatic heterocycles. The maximum absolute atomic E-state index is 6.03. The lowest BCUT2D eigenvalue weighted by Gasteiger charge is -2.37. The first-order valence-corrected chi connectivity index (χ1v) is 10.1. The van der Waals surface area contributed by atoms with E-state index >= 15 is 0 Å². The predicted molar refractivity (Wildman–Crippen MR) is 102 cm³/mol. The third-order valence-corrected chi connectivity index (χ3v) is 6.07. The molecule has 25 heavy (non-hydrogen) atoms. The quantitative estimate of drug-likeness (QED) is 0.784. The first-order valence-electron chi connectivity index (χ1n) is 10.1. The minimum atomic E-state index is 0.0886. The van der Waals surface area contributed by atoms with Crippen LogP contribution in [0, 0.1) is 0 Å². The molecule has 1 fully saturated rings. The zero-order valence-corrected chi connectivity index (χ0v) is 16.6. The molecule has 0 spiro atoms. The second kappa shape index (κ2) is 8.19. The summed E-state index contributed by atoms with van der Waals surface area (Å²) in [6.07, 6.45) is 7.29. The average molecular weight is 349 g/mol. The van der Waals surface area contributed by atoms with Crippen LogP contribution in [0.2, 0.25) is 0 Å². The molecule has 0 bridgehead atoms. The van der Waals surface area contributed by atoms with Crippen molar-refractivity contribution in [3.8, 4) is 0 Å². The third kappa shape index (κ3) is 4.26. The monoisotopic (exact) mass is 348 g/mol. The van der Waals surface area contributed by atoms with Gasteiger partial charge >= 0.3 is 0 Å². The summed E-state index contributed by atoms with van der Waals surface area (Å²) in [4.78, 5) is 2.39. The van der Waals surface area contributed by atoms with Crippen molar-refractivity contribution in [2.45, 2.75) is 77.0 Å². The van der Waals surface area contributed by atoms with E-state index in [4.69, 9.17) is 9.84 Å². The van der Waals surface area contributed by atoms with Gasteiger partial charge in [0, 0.05) is 44.0 Å². The van der Waals surface area contributed by atoms with Crippen molar-refractivity contribution >= 4 is 0 Å². The fourth-order valence-electron chi connectivity index (χ4n) is 4.65. The molecule has 1 aliphatic carbocycles. The van der Waals surface area contributed by atoms with Crippen LogP contribution in [-0.2, 0) is 24.2 Å². The van der Waals surface area contributed by atoms with Gasteiger partial charge in [0.25, 0.3) is 0 Å². The van der Waals surface area contributed by atoms with Crippen molar-refractivity contribution in [2.24, 2.45) is 0 Å². The lowest BCUT2D eigenvalue weighted by atomic mass is 9.76. The maximum atomic E-state index is 6.03. The lowest BCUT2D eigenvalue weighted by Crippen LogP contribution is -2.34. The molecular weight excluding hydrogens is 312 g/mol. The summed E-state index contributed by atoms with van der Waals surface area (Å²) in [7, 11) is 4.22. The highest BCUT2D eigenvalue weighted by molar-refractivity contribution is 5.33. The van der Waals surface area contributed by atoms with Crippen LogP contribution >= 0.6 is 0 Å². The normalized spacial score (nSPS) is 26.4. The largest absolute Gasteiger partial charge is 0.376 e. The van der Waals surface area contributed by atoms with E-state index in [-0.39, 0.29) is 5.60 Å². The summed E-state index contributed by atoms with van der Waals surface area (Å²) in [5.74, 6) is 0.670. The Labute approximate surface area is 153 Å². The van der Waals surface area contributed by atoms with E-state index < -0.39 is 0 Å². The van der Waals surface area contributed by atoms with Crippen LogP contribution in [0.15, 0.2) is 0 Å². The molecule has 2 aliphatic rings. The molecule has 142 valence electrons. The van der Waals surface area contributed by atoms with Crippen LogP contribution in [-0.4, -0.2) is 54.1 Å². The highest BCUT2D eigenvalue weighted by atomic mass is 16.5. The third-order valence-electron chi connectivity index (χ3n) is 6.07. The second-order valence-corrected chi connectivity index (χ2v) is 8.13. The van der Waals surface area contributed by atoms with Crippen molar-refractivity contribution in [3.05, 3.63) is 17.0 Å². The maximum Gasteiger partial charge on any atom is 0.0802 e. The van der Waals surface area contributed by atoms with E-state index in [9.17, 15) is 0 Å². The number of rotatable bonds is 8. The van der Waals surface area contributed by atoms with Gasteiger partial charge in [-0.2, -0.15) is 5.10 Å². The van der Waals surface area contributed by atoms with Gasteiger partial charge in [-0.05, 0) is 72.4 Å². The standard InChI is InChI=1S/C20H36N4O/c1-5-25-20(2)10-8-16(9-11-20)19-17(15-23(4)14-12-21-3)22-24-13-6-7-18(19)24/h16,21H,5-15H2,1-4H3. The molecule has 0 radical (unpaired) electrons.